The first-order valence-electron chi connectivity index (χ1n) is 8.59. The Kier molecular flexibility index (Phi) is 5.60. The molecule has 0 saturated carbocycles. The molecule has 0 radical (unpaired) electrons. The minimum atomic E-state index is -0.551. The summed E-state index contributed by atoms with van der Waals surface area (Å²) in [5, 5.41) is 19.2. The van der Waals surface area contributed by atoms with E-state index in [1.54, 1.807) is 16.7 Å². The third-order valence-electron chi connectivity index (χ3n) is 4.21. The maximum atomic E-state index is 12.5. The highest BCUT2D eigenvalue weighted by Crippen LogP contribution is 2.39. The van der Waals surface area contributed by atoms with Crippen LogP contribution in [0.1, 0.15) is 10.4 Å². The smallest absolute Gasteiger partial charge is 0.295 e. The van der Waals surface area contributed by atoms with Gasteiger partial charge in [0.1, 0.15) is 0 Å². The van der Waals surface area contributed by atoms with Crippen LogP contribution in [-0.2, 0) is 6.67 Å². The van der Waals surface area contributed by atoms with Gasteiger partial charge < -0.3 is 14.6 Å². The molecule has 0 spiro atoms. The van der Waals surface area contributed by atoms with Crippen molar-refractivity contribution in [2.75, 3.05) is 28.3 Å². The molecule has 1 N–H and O–H groups in total. The van der Waals surface area contributed by atoms with Crippen molar-refractivity contribution < 1.29 is 19.4 Å². The first kappa shape index (κ1) is 19.4. The van der Waals surface area contributed by atoms with Crippen LogP contribution in [0.25, 0.3) is 10.9 Å². The Morgan fingerprint density at radius 2 is 1.82 bits per heavy atom. The van der Waals surface area contributed by atoms with Crippen LogP contribution in [0.5, 0.6) is 17.4 Å². The summed E-state index contributed by atoms with van der Waals surface area (Å²) in [6.45, 7) is 0.464. The number of methoxy groups -OCH3 is 2. The zero-order chi connectivity index (χ0) is 20.3. The van der Waals surface area contributed by atoms with Gasteiger partial charge in [-0.15, -0.1) is 10.2 Å². The van der Waals surface area contributed by atoms with Crippen molar-refractivity contribution in [1.29, 1.82) is 0 Å². The van der Waals surface area contributed by atoms with Gasteiger partial charge in [-0.1, -0.05) is 18.2 Å². The van der Waals surface area contributed by atoms with E-state index in [0.29, 0.717) is 29.1 Å². The van der Waals surface area contributed by atoms with E-state index < -0.39 is 5.91 Å². The molecule has 3 aromatic rings. The predicted octanol–water partition coefficient (Wildman–Crippen LogP) is 3.81. The second kappa shape index (κ2) is 8.10. The summed E-state index contributed by atoms with van der Waals surface area (Å²) in [6, 6.07) is 12.2. The van der Waals surface area contributed by atoms with Gasteiger partial charge in [0.25, 0.3) is 5.91 Å². The second-order valence-electron chi connectivity index (χ2n) is 6.41. The molecule has 1 heterocycles. The lowest BCUT2D eigenvalue weighted by Gasteiger charge is -2.12. The molecule has 0 aliphatic rings. The van der Waals surface area contributed by atoms with Crippen molar-refractivity contribution in [2.45, 2.75) is 6.67 Å². The van der Waals surface area contributed by atoms with Gasteiger partial charge in [-0.05, 0) is 38.4 Å². The van der Waals surface area contributed by atoms with E-state index in [0.717, 1.165) is 5.52 Å². The summed E-state index contributed by atoms with van der Waals surface area (Å²) in [5.41, 5.74) is 1.37. The molecule has 0 bridgehead atoms. The van der Waals surface area contributed by atoms with Crippen LogP contribution >= 0.6 is 0 Å². The summed E-state index contributed by atoms with van der Waals surface area (Å²) in [6.07, 6.45) is 0. The van der Waals surface area contributed by atoms with Crippen LogP contribution in [0, 0.1) is 0 Å². The first-order chi connectivity index (χ1) is 13.5. The van der Waals surface area contributed by atoms with Gasteiger partial charge in [0.15, 0.2) is 17.2 Å². The molecular weight excluding hydrogens is 360 g/mol. The monoisotopic (exact) mass is 382 g/mol. The number of aromatic hydroxyl groups is 1. The maximum absolute atomic E-state index is 12.5. The molecule has 28 heavy (non-hydrogen) atoms. The van der Waals surface area contributed by atoms with Gasteiger partial charge in [-0.3, -0.25) is 14.3 Å². The number of amides is 1. The number of benzene rings is 2. The lowest BCUT2D eigenvalue weighted by Crippen LogP contribution is -2.16. The molecular formula is C20H22N4O4. The highest BCUT2D eigenvalue weighted by molar-refractivity contribution is 5.97. The Bertz CT molecular complexity index is 1040. The van der Waals surface area contributed by atoms with Crippen LogP contribution in [0.4, 0.5) is 5.69 Å². The Balaban J connectivity index is 1.97. The number of carbonyl (C=O) groups excluding carboxylic acids is 1. The third-order valence-corrected chi connectivity index (χ3v) is 4.21. The van der Waals surface area contributed by atoms with Crippen LogP contribution < -0.4 is 9.47 Å². The fraction of sp³-hybridized carbons (Fsp3) is 0.250. The molecule has 0 fully saturated rings. The minimum absolute atomic E-state index is 0.0428. The molecule has 0 aliphatic heterocycles. The highest BCUT2D eigenvalue weighted by atomic mass is 16.5. The summed E-state index contributed by atoms with van der Waals surface area (Å²) < 4.78 is 12.1. The number of rotatable bonds is 6. The number of fused-ring (bicyclic) bond motifs is 1. The molecule has 8 nitrogen and oxygen atoms in total. The van der Waals surface area contributed by atoms with Crippen molar-refractivity contribution in [3.63, 3.8) is 0 Å². The van der Waals surface area contributed by atoms with E-state index in [-0.39, 0.29) is 11.6 Å². The van der Waals surface area contributed by atoms with Crippen molar-refractivity contribution >= 4 is 22.5 Å². The van der Waals surface area contributed by atoms with E-state index in [4.69, 9.17) is 9.47 Å². The number of azo groups is 1. The van der Waals surface area contributed by atoms with E-state index in [2.05, 4.69) is 10.2 Å². The fourth-order valence-electron chi connectivity index (χ4n) is 2.92. The molecule has 146 valence electrons. The maximum Gasteiger partial charge on any atom is 0.295 e. The molecule has 3 rings (SSSR count). The number of hydrogen-bond donors (Lipinski definition) is 1. The summed E-state index contributed by atoms with van der Waals surface area (Å²) in [7, 11) is 6.81. The van der Waals surface area contributed by atoms with Crippen LogP contribution in [0.15, 0.2) is 52.7 Å². The van der Waals surface area contributed by atoms with Crippen molar-refractivity contribution in [3.8, 4) is 17.4 Å². The Labute approximate surface area is 162 Å². The molecule has 0 aliphatic carbocycles. The second-order valence-corrected chi connectivity index (χ2v) is 6.41. The van der Waals surface area contributed by atoms with Crippen molar-refractivity contribution in [2.24, 2.45) is 10.2 Å². The standard InChI is InChI=1S/C20H22N4O4/c1-23(2)12-24-15-8-6-5-7-14(15)18(20(24)26)21-22-19(25)13-9-10-16(27-3)17(11-13)28-4/h5-11,26H,12H2,1-4H3. The van der Waals surface area contributed by atoms with Gasteiger partial charge in [0, 0.05) is 10.9 Å². The van der Waals surface area contributed by atoms with E-state index in [1.807, 2.05) is 43.3 Å². The van der Waals surface area contributed by atoms with E-state index >= 15 is 0 Å². The third kappa shape index (κ3) is 3.67. The quantitative estimate of drug-likeness (QED) is 0.655. The lowest BCUT2D eigenvalue weighted by atomic mass is 10.2. The molecule has 0 atom stereocenters. The minimum Gasteiger partial charge on any atom is -0.493 e. The number of carbonyl (C=O) groups is 1. The summed E-state index contributed by atoms with van der Waals surface area (Å²) in [5.74, 6) is 0.345. The number of ether oxygens (including phenoxy) is 2. The number of para-hydroxylation sites is 1. The zero-order valence-corrected chi connectivity index (χ0v) is 16.2. The Morgan fingerprint density at radius 3 is 2.50 bits per heavy atom. The van der Waals surface area contributed by atoms with Crippen LogP contribution in [0.3, 0.4) is 0 Å². The average molecular weight is 382 g/mol. The van der Waals surface area contributed by atoms with Crippen LogP contribution in [0.2, 0.25) is 0 Å². The van der Waals surface area contributed by atoms with E-state index in [1.165, 1.54) is 20.3 Å². The van der Waals surface area contributed by atoms with Crippen molar-refractivity contribution in [1.82, 2.24) is 9.47 Å². The Morgan fingerprint density at radius 1 is 1.11 bits per heavy atom. The topological polar surface area (TPSA) is 88.7 Å². The average Bonchev–Trinajstić information content (AvgIpc) is 2.96. The first-order valence-corrected chi connectivity index (χ1v) is 8.59. The largest absolute Gasteiger partial charge is 0.493 e. The van der Waals surface area contributed by atoms with Gasteiger partial charge >= 0.3 is 0 Å². The summed E-state index contributed by atoms with van der Waals surface area (Å²) >= 11 is 0. The van der Waals surface area contributed by atoms with E-state index in [9.17, 15) is 9.90 Å². The Hall–Kier alpha value is -3.39. The molecule has 0 unspecified atom stereocenters. The zero-order valence-electron chi connectivity index (χ0n) is 16.2. The fourth-order valence-corrected chi connectivity index (χ4v) is 2.92. The number of aromatic nitrogens is 1. The van der Waals surface area contributed by atoms with Gasteiger partial charge in [-0.25, -0.2) is 0 Å². The lowest BCUT2D eigenvalue weighted by molar-refractivity contribution is 0.0994. The number of hydrogen-bond acceptors (Lipinski definition) is 6. The molecule has 1 aromatic heterocycles. The van der Waals surface area contributed by atoms with Gasteiger partial charge in [0.2, 0.25) is 5.88 Å². The normalized spacial score (nSPS) is 11.5. The molecule has 2 aromatic carbocycles. The highest BCUT2D eigenvalue weighted by Gasteiger charge is 2.17. The van der Waals surface area contributed by atoms with Gasteiger partial charge in [0.05, 0.1) is 26.4 Å². The predicted molar refractivity (Wildman–Crippen MR) is 106 cm³/mol. The van der Waals surface area contributed by atoms with Crippen LogP contribution in [-0.4, -0.2) is 48.8 Å². The molecule has 0 saturated heterocycles. The number of nitrogens with zero attached hydrogens (tertiary/aromatic N) is 4. The molecule has 1 amide bonds. The van der Waals surface area contributed by atoms with Gasteiger partial charge in [-0.2, -0.15) is 0 Å². The van der Waals surface area contributed by atoms with Crippen molar-refractivity contribution in [3.05, 3.63) is 48.0 Å². The molecule has 8 heteroatoms. The summed E-state index contributed by atoms with van der Waals surface area (Å²) in [4.78, 5) is 14.4. The SMILES string of the molecule is COc1ccc(C(=O)N=Nc2c(O)n(CN(C)C)c3ccccc23)cc1OC.